The second kappa shape index (κ2) is 13.0. The molecule has 0 saturated carbocycles. The third kappa shape index (κ3) is 9.26. The van der Waals surface area contributed by atoms with Crippen LogP contribution in [-0.4, -0.2) is 19.1 Å². The first kappa shape index (κ1) is 20.0. The summed E-state index contributed by atoms with van der Waals surface area (Å²) in [4.78, 5) is 11.7. The molecule has 0 unspecified atom stereocenters. The minimum atomic E-state index is -0.0314. The van der Waals surface area contributed by atoms with E-state index in [-0.39, 0.29) is 6.03 Å². The second-order valence-electron chi connectivity index (χ2n) is 6.78. The summed E-state index contributed by atoms with van der Waals surface area (Å²) in [6.07, 6.45) is 8.97. The van der Waals surface area contributed by atoms with Crippen LogP contribution in [0.15, 0.2) is 60.7 Å². The van der Waals surface area contributed by atoms with Crippen LogP contribution in [0.1, 0.15) is 49.7 Å². The lowest BCUT2D eigenvalue weighted by atomic mass is 10.1. The second-order valence-corrected chi connectivity index (χ2v) is 6.78. The lowest BCUT2D eigenvalue weighted by Gasteiger charge is -2.08. The molecule has 3 heteroatoms. The molecule has 0 aliphatic carbocycles. The van der Waals surface area contributed by atoms with Gasteiger partial charge >= 0.3 is 6.03 Å². The number of nitrogens with one attached hydrogen (secondary N) is 2. The van der Waals surface area contributed by atoms with Crippen LogP contribution in [0.5, 0.6) is 0 Å². The highest BCUT2D eigenvalue weighted by atomic mass is 16.2. The van der Waals surface area contributed by atoms with Gasteiger partial charge in [-0.25, -0.2) is 4.79 Å². The summed E-state index contributed by atoms with van der Waals surface area (Å²) >= 11 is 0. The van der Waals surface area contributed by atoms with Gasteiger partial charge < -0.3 is 10.6 Å². The van der Waals surface area contributed by atoms with Crippen molar-refractivity contribution in [2.75, 3.05) is 13.1 Å². The van der Waals surface area contributed by atoms with Crippen molar-refractivity contribution in [2.45, 2.75) is 51.4 Å². The smallest absolute Gasteiger partial charge is 0.314 e. The first-order valence-corrected chi connectivity index (χ1v) is 9.94. The van der Waals surface area contributed by atoms with Gasteiger partial charge in [0.2, 0.25) is 0 Å². The maximum atomic E-state index is 11.7. The first-order valence-electron chi connectivity index (χ1n) is 9.94. The fourth-order valence-corrected chi connectivity index (χ4v) is 3.02. The highest BCUT2D eigenvalue weighted by Gasteiger charge is 1.99. The summed E-state index contributed by atoms with van der Waals surface area (Å²) in [6.45, 7) is 1.52. The zero-order chi connectivity index (χ0) is 18.3. The standard InChI is InChI=1S/C23H32N2O/c26-23(24-19-11-3-9-17-21-13-5-1-6-14-21)25-20-12-4-10-18-22-15-7-2-8-16-22/h1-2,5-8,13-16H,3-4,9-12,17-20H2,(H2,24,25,26). The molecule has 0 spiro atoms. The van der Waals surface area contributed by atoms with Gasteiger partial charge in [0.25, 0.3) is 0 Å². The Morgan fingerprint density at radius 2 is 1.00 bits per heavy atom. The number of benzene rings is 2. The summed E-state index contributed by atoms with van der Waals surface area (Å²) < 4.78 is 0. The molecule has 2 amide bonds. The number of urea groups is 1. The van der Waals surface area contributed by atoms with Crippen LogP contribution in [-0.2, 0) is 12.8 Å². The Morgan fingerprint density at radius 1 is 0.577 bits per heavy atom. The normalized spacial score (nSPS) is 10.5. The van der Waals surface area contributed by atoms with Crippen molar-refractivity contribution < 1.29 is 4.79 Å². The molecule has 2 rings (SSSR count). The van der Waals surface area contributed by atoms with E-state index < -0.39 is 0 Å². The maximum Gasteiger partial charge on any atom is 0.314 e. The van der Waals surface area contributed by atoms with Crippen LogP contribution in [0.25, 0.3) is 0 Å². The monoisotopic (exact) mass is 352 g/mol. The van der Waals surface area contributed by atoms with Crippen molar-refractivity contribution in [1.82, 2.24) is 10.6 Å². The fourth-order valence-electron chi connectivity index (χ4n) is 3.02. The van der Waals surface area contributed by atoms with E-state index in [1.165, 1.54) is 24.0 Å². The number of aryl methyl sites for hydroxylation is 2. The third-order valence-corrected chi connectivity index (χ3v) is 4.54. The molecule has 0 aliphatic heterocycles. The van der Waals surface area contributed by atoms with E-state index in [2.05, 4.69) is 71.3 Å². The molecule has 2 N–H and O–H groups in total. The highest BCUT2D eigenvalue weighted by molar-refractivity contribution is 5.73. The van der Waals surface area contributed by atoms with E-state index >= 15 is 0 Å². The Morgan fingerprint density at radius 3 is 1.42 bits per heavy atom. The van der Waals surface area contributed by atoms with Gasteiger partial charge in [0.15, 0.2) is 0 Å². The number of carbonyl (C=O) groups is 1. The van der Waals surface area contributed by atoms with Gasteiger partial charge in [0, 0.05) is 13.1 Å². The average molecular weight is 353 g/mol. The van der Waals surface area contributed by atoms with Crippen molar-refractivity contribution in [1.29, 1.82) is 0 Å². The van der Waals surface area contributed by atoms with Crippen LogP contribution in [0, 0.1) is 0 Å². The topological polar surface area (TPSA) is 41.1 Å². The van der Waals surface area contributed by atoms with Crippen molar-refractivity contribution in [3.05, 3.63) is 71.8 Å². The molecule has 0 radical (unpaired) electrons. The molecule has 0 fully saturated rings. The Kier molecular flexibility index (Phi) is 10.0. The Balaban J connectivity index is 1.37. The van der Waals surface area contributed by atoms with Gasteiger partial charge in [0.1, 0.15) is 0 Å². The minimum Gasteiger partial charge on any atom is -0.338 e. The number of hydrogen-bond donors (Lipinski definition) is 2. The van der Waals surface area contributed by atoms with Gasteiger partial charge in [-0.1, -0.05) is 73.5 Å². The third-order valence-electron chi connectivity index (χ3n) is 4.54. The molecule has 2 aromatic carbocycles. The predicted octanol–water partition coefficient (Wildman–Crippen LogP) is 5.11. The van der Waals surface area contributed by atoms with Crippen LogP contribution in [0.3, 0.4) is 0 Å². The SMILES string of the molecule is O=C(NCCCCCc1ccccc1)NCCCCCc1ccccc1. The Bertz CT molecular complexity index is 545. The molecule has 0 bridgehead atoms. The molecule has 0 aliphatic rings. The molecule has 2 aromatic rings. The Hall–Kier alpha value is -2.29. The summed E-state index contributed by atoms with van der Waals surface area (Å²) in [5.74, 6) is 0. The molecule has 0 aromatic heterocycles. The largest absolute Gasteiger partial charge is 0.338 e. The molecular weight excluding hydrogens is 320 g/mol. The van der Waals surface area contributed by atoms with Crippen LogP contribution >= 0.6 is 0 Å². The van der Waals surface area contributed by atoms with Crippen molar-refractivity contribution in [2.24, 2.45) is 0 Å². The molecule has 0 saturated heterocycles. The van der Waals surface area contributed by atoms with Gasteiger partial charge in [-0.3, -0.25) is 0 Å². The van der Waals surface area contributed by atoms with E-state index in [1.807, 2.05) is 0 Å². The summed E-state index contributed by atoms with van der Waals surface area (Å²) in [5.41, 5.74) is 2.79. The van der Waals surface area contributed by atoms with Crippen molar-refractivity contribution in [3.63, 3.8) is 0 Å². The lowest BCUT2D eigenvalue weighted by molar-refractivity contribution is 0.240. The zero-order valence-corrected chi connectivity index (χ0v) is 15.8. The molecular formula is C23H32N2O. The summed E-state index contributed by atoms with van der Waals surface area (Å²) in [7, 11) is 0. The van der Waals surface area contributed by atoms with Gasteiger partial charge in [0.05, 0.1) is 0 Å². The predicted molar refractivity (Wildman–Crippen MR) is 109 cm³/mol. The lowest BCUT2D eigenvalue weighted by Crippen LogP contribution is -2.36. The zero-order valence-electron chi connectivity index (χ0n) is 15.8. The molecule has 140 valence electrons. The van der Waals surface area contributed by atoms with Crippen LogP contribution in [0.2, 0.25) is 0 Å². The van der Waals surface area contributed by atoms with E-state index in [4.69, 9.17) is 0 Å². The molecule has 26 heavy (non-hydrogen) atoms. The molecule has 0 atom stereocenters. The number of amides is 2. The van der Waals surface area contributed by atoms with Gasteiger partial charge in [-0.05, 0) is 49.7 Å². The van der Waals surface area contributed by atoms with E-state index in [0.29, 0.717) is 0 Å². The average Bonchev–Trinajstić information content (AvgIpc) is 2.69. The molecule has 3 nitrogen and oxygen atoms in total. The van der Waals surface area contributed by atoms with Gasteiger partial charge in [-0.2, -0.15) is 0 Å². The van der Waals surface area contributed by atoms with Crippen molar-refractivity contribution >= 4 is 6.03 Å². The fraction of sp³-hybridized carbons (Fsp3) is 0.435. The number of hydrogen-bond acceptors (Lipinski definition) is 1. The number of rotatable bonds is 12. The number of carbonyl (C=O) groups excluding carboxylic acids is 1. The van der Waals surface area contributed by atoms with E-state index in [0.717, 1.165) is 51.6 Å². The molecule has 0 heterocycles. The van der Waals surface area contributed by atoms with Crippen LogP contribution < -0.4 is 10.6 Å². The highest BCUT2D eigenvalue weighted by Crippen LogP contribution is 2.06. The quantitative estimate of drug-likeness (QED) is 0.512. The van der Waals surface area contributed by atoms with Crippen LogP contribution in [0.4, 0.5) is 4.79 Å². The van der Waals surface area contributed by atoms with E-state index in [1.54, 1.807) is 0 Å². The maximum absolute atomic E-state index is 11.7. The Labute approximate surface area is 158 Å². The summed E-state index contributed by atoms with van der Waals surface area (Å²) in [5, 5.41) is 5.90. The van der Waals surface area contributed by atoms with Gasteiger partial charge in [-0.15, -0.1) is 0 Å². The van der Waals surface area contributed by atoms with Crippen molar-refractivity contribution in [3.8, 4) is 0 Å². The minimum absolute atomic E-state index is 0.0314. The van der Waals surface area contributed by atoms with E-state index in [9.17, 15) is 4.79 Å². The first-order chi connectivity index (χ1) is 12.8. The summed E-state index contributed by atoms with van der Waals surface area (Å²) in [6, 6.07) is 21.1. The number of unbranched alkanes of at least 4 members (excludes halogenated alkanes) is 4.